The van der Waals surface area contributed by atoms with Gasteiger partial charge in [0, 0.05) is 27.6 Å². The number of aromatic nitrogens is 2. The van der Waals surface area contributed by atoms with Crippen LogP contribution in [-0.2, 0) is 0 Å². The summed E-state index contributed by atoms with van der Waals surface area (Å²) in [5.41, 5.74) is 1.95. The molecule has 0 radical (unpaired) electrons. The van der Waals surface area contributed by atoms with Crippen LogP contribution in [0, 0.1) is 0 Å². The number of aromatic hydroxyl groups is 1. The van der Waals surface area contributed by atoms with E-state index in [9.17, 15) is 5.11 Å². The van der Waals surface area contributed by atoms with Crippen LogP contribution in [0.15, 0.2) is 66.2 Å². The monoisotopic (exact) mass is 307 g/mol. The minimum Gasteiger partial charge on any atom is -0.508 e. The molecule has 0 spiro atoms. The van der Waals surface area contributed by atoms with E-state index in [0.717, 1.165) is 17.2 Å². The van der Waals surface area contributed by atoms with Gasteiger partial charge in [0.05, 0.1) is 17.6 Å². The van der Waals surface area contributed by atoms with E-state index in [1.165, 1.54) is 10.1 Å². The number of nitrogens with zero attached hydrogens (tertiary/aromatic N) is 2. The number of fused-ring (bicyclic) bond motifs is 1. The van der Waals surface area contributed by atoms with Crippen molar-refractivity contribution in [2.45, 2.75) is 0 Å². The lowest BCUT2D eigenvalue weighted by Gasteiger charge is -2.22. The van der Waals surface area contributed by atoms with E-state index in [0.29, 0.717) is 0 Å². The molecule has 22 heavy (non-hydrogen) atoms. The molecular formula is C17H13N3OS. The summed E-state index contributed by atoms with van der Waals surface area (Å²) in [5, 5.41) is 20.2. The molecule has 2 aromatic carbocycles. The molecule has 0 saturated carbocycles. The van der Waals surface area contributed by atoms with Crippen LogP contribution in [0.3, 0.4) is 0 Å². The van der Waals surface area contributed by atoms with Crippen molar-refractivity contribution >= 4 is 38.6 Å². The van der Waals surface area contributed by atoms with Crippen molar-refractivity contribution in [3.63, 3.8) is 0 Å². The fraction of sp³-hybridized carbons (Fsp3) is 0. The number of thiophene rings is 1. The second kappa shape index (κ2) is 5.20. The van der Waals surface area contributed by atoms with E-state index < -0.39 is 0 Å². The summed E-state index contributed by atoms with van der Waals surface area (Å²) in [7, 11) is 0. The average Bonchev–Trinajstić information content (AvgIpc) is 3.19. The summed E-state index contributed by atoms with van der Waals surface area (Å²) >= 11 is 1.70. The third kappa shape index (κ3) is 2.12. The number of rotatable bonds is 3. The van der Waals surface area contributed by atoms with Crippen molar-refractivity contribution in [2.75, 3.05) is 4.90 Å². The van der Waals surface area contributed by atoms with Crippen LogP contribution in [0.1, 0.15) is 0 Å². The van der Waals surface area contributed by atoms with Crippen LogP contribution in [0.25, 0.3) is 10.1 Å². The fourth-order valence-electron chi connectivity index (χ4n) is 2.55. The standard InChI is InChI=1S/C17H13N3OS/c21-13-5-3-4-12(10-13)20(17-8-9-18-19-17)15-11-22-16-7-2-1-6-14(15)16/h1-11,21H,(H,18,19). The van der Waals surface area contributed by atoms with Gasteiger partial charge in [-0.25, -0.2) is 0 Å². The first-order valence-electron chi connectivity index (χ1n) is 6.88. The van der Waals surface area contributed by atoms with Crippen molar-refractivity contribution in [1.29, 1.82) is 0 Å². The van der Waals surface area contributed by atoms with Gasteiger partial charge >= 0.3 is 0 Å². The Morgan fingerprint density at radius 1 is 1.05 bits per heavy atom. The molecule has 4 nitrogen and oxygen atoms in total. The van der Waals surface area contributed by atoms with Crippen LogP contribution in [0.5, 0.6) is 5.75 Å². The van der Waals surface area contributed by atoms with Crippen LogP contribution in [-0.4, -0.2) is 15.3 Å². The Morgan fingerprint density at radius 2 is 1.95 bits per heavy atom. The lowest BCUT2D eigenvalue weighted by atomic mass is 10.2. The van der Waals surface area contributed by atoms with Gasteiger partial charge in [0.1, 0.15) is 11.6 Å². The van der Waals surface area contributed by atoms with E-state index in [2.05, 4.69) is 32.6 Å². The number of H-pyrrole nitrogens is 1. The molecule has 0 aliphatic heterocycles. The molecule has 5 heteroatoms. The van der Waals surface area contributed by atoms with Gasteiger partial charge in [0.15, 0.2) is 0 Å². The smallest absolute Gasteiger partial charge is 0.133 e. The van der Waals surface area contributed by atoms with Gasteiger partial charge in [-0.2, -0.15) is 5.10 Å². The first kappa shape index (κ1) is 12.9. The van der Waals surface area contributed by atoms with Gasteiger partial charge in [0.2, 0.25) is 0 Å². The summed E-state index contributed by atoms with van der Waals surface area (Å²) in [5.74, 6) is 1.09. The lowest BCUT2D eigenvalue weighted by molar-refractivity contribution is 0.475. The molecule has 4 aromatic rings. The molecular weight excluding hydrogens is 294 g/mol. The molecule has 2 aromatic heterocycles. The van der Waals surface area contributed by atoms with Gasteiger partial charge in [-0.1, -0.05) is 24.3 Å². The van der Waals surface area contributed by atoms with E-state index in [-0.39, 0.29) is 5.75 Å². The maximum atomic E-state index is 9.82. The Labute approximate surface area is 131 Å². The zero-order valence-electron chi connectivity index (χ0n) is 11.6. The topological polar surface area (TPSA) is 52.1 Å². The number of phenolic OH excluding ortho intramolecular Hbond substituents is 1. The van der Waals surface area contributed by atoms with Crippen molar-refractivity contribution < 1.29 is 5.11 Å². The number of hydrogen-bond acceptors (Lipinski definition) is 4. The first-order chi connectivity index (χ1) is 10.8. The molecule has 0 unspecified atom stereocenters. The second-order valence-corrected chi connectivity index (χ2v) is 5.83. The molecule has 2 heterocycles. The second-order valence-electron chi connectivity index (χ2n) is 4.91. The normalized spacial score (nSPS) is 10.9. The van der Waals surface area contributed by atoms with Crippen LogP contribution in [0.2, 0.25) is 0 Å². The zero-order chi connectivity index (χ0) is 14.9. The Morgan fingerprint density at radius 3 is 2.77 bits per heavy atom. The maximum Gasteiger partial charge on any atom is 0.133 e. The molecule has 0 bridgehead atoms. The number of anilines is 3. The molecule has 108 valence electrons. The Hall–Kier alpha value is -2.79. The number of benzene rings is 2. The van der Waals surface area contributed by atoms with E-state index in [1.54, 1.807) is 29.7 Å². The Kier molecular flexibility index (Phi) is 3.05. The van der Waals surface area contributed by atoms with Gasteiger partial charge in [0.25, 0.3) is 0 Å². The van der Waals surface area contributed by atoms with Gasteiger partial charge in [-0.3, -0.25) is 10.00 Å². The van der Waals surface area contributed by atoms with E-state index >= 15 is 0 Å². The van der Waals surface area contributed by atoms with Crippen molar-refractivity contribution in [1.82, 2.24) is 10.2 Å². The third-order valence-corrected chi connectivity index (χ3v) is 4.47. The molecule has 0 fully saturated rings. The number of aromatic amines is 1. The molecule has 0 atom stereocenters. The summed E-state index contributed by atoms with van der Waals surface area (Å²) in [4.78, 5) is 2.06. The molecule has 0 amide bonds. The summed E-state index contributed by atoms with van der Waals surface area (Å²) in [6.45, 7) is 0. The van der Waals surface area contributed by atoms with Gasteiger partial charge < -0.3 is 5.11 Å². The highest BCUT2D eigenvalue weighted by atomic mass is 32.1. The number of hydrogen-bond donors (Lipinski definition) is 2. The Bertz CT molecular complexity index is 914. The van der Waals surface area contributed by atoms with E-state index in [1.807, 2.05) is 30.3 Å². The summed E-state index contributed by atoms with van der Waals surface area (Å²) in [6.07, 6.45) is 1.72. The molecule has 4 rings (SSSR count). The fourth-order valence-corrected chi connectivity index (χ4v) is 3.48. The largest absolute Gasteiger partial charge is 0.508 e. The molecule has 0 aliphatic rings. The number of phenols is 1. The SMILES string of the molecule is Oc1cccc(N(c2ccn[nH]2)c2csc3ccccc23)c1. The molecule has 0 saturated heterocycles. The summed E-state index contributed by atoms with van der Waals surface area (Å²) in [6, 6.07) is 17.4. The van der Waals surface area contributed by atoms with Crippen molar-refractivity contribution in [3.8, 4) is 5.75 Å². The van der Waals surface area contributed by atoms with Gasteiger partial charge in [-0.05, 0) is 18.2 Å². The zero-order valence-corrected chi connectivity index (χ0v) is 12.4. The summed E-state index contributed by atoms with van der Waals surface area (Å²) < 4.78 is 1.22. The highest BCUT2D eigenvalue weighted by molar-refractivity contribution is 7.17. The van der Waals surface area contributed by atoms with Crippen molar-refractivity contribution in [3.05, 3.63) is 66.2 Å². The number of nitrogens with one attached hydrogen (secondary N) is 1. The predicted molar refractivity (Wildman–Crippen MR) is 90.3 cm³/mol. The van der Waals surface area contributed by atoms with Crippen LogP contribution in [0.4, 0.5) is 17.2 Å². The highest BCUT2D eigenvalue weighted by Crippen LogP contribution is 2.41. The Balaban J connectivity index is 1.95. The quantitative estimate of drug-likeness (QED) is 0.571. The third-order valence-electron chi connectivity index (χ3n) is 3.52. The first-order valence-corrected chi connectivity index (χ1v) is 7.76. The minimum absolute atomic E-state index is 0.238. The van der Waals surface area contributed by atoms with Crippen LogP contribution >= 0.6 is 11.3 Å². The lowest BCUT2D eigenvalue weighted by Crippen LogP contribution is -2.09. The maximum absolute atomic E-state index is 9.82. The molecule has 2 N–H and O–H groups in total. The predicted octanol–water partition coefficient (Wildman–Crippen LogP) is 4.80. The average molecular weight is 307 g/mol. The van der Waals surface area contributed by atoms with Crippen molar-refractivity contribution in [2.24, 2.45) is 0 Å². The highest BCUT2D eigenvalue weighted by Gasteiger charge is 2.17. The van der Waals surface area contributed by atoms with Gasteiger partial charge in [-0.15, -0.1) is 11.3 Å². The van der Waals surface area contributed by atoms with Crippen LogP contribution < -0.4 is 4.90 Å². The molecule has 0 aliphatic carbocycles. The van der Waals surface area contributed by atoms with E-state index in [4.69, 9.17) is 0 Å². The minimum atomic E-state index is 0.238.